The zero-order valence-corrected chi connectivity index (χ0v) is 7.15. The monoisotopic (exact) mass is 186 g/mol. The summed E-state index contributed by atoms with van der Waals surface area (Å²) in [7, 11) is 0. The highest BCUT2D eigenvalue weighted by Crippen LogP contribution is 2.21. The van der Waals surface area contributed by atoms with Gasteiger partial charge in [-0.25, -0.2) is 0 Å². The topological polar surface area (TPSA) is 0 Å². The van der Waals surface area contributed by atoms with Crippen LogP contribution in [0, 0.1) is 0 Å². The van der Waals surface area contributed by atoms with Crippen LogP contribution in [0.1, 0.15) is 11.0 Å². The van der Waals surface area contributed by atoms with Crippen molar-refractivity contribution in [2.75, 3.05) is 0 Å². The molecule has 3 aromatic carbocycles. The lowest BCUT2D eigenvalue weighted by atomic mass is 10.0. The maximum absolute atomic E-state index is 8.23. The summed E-state index contributed by atoms with van der Waals surface area (Å²) in [6.07, 6.45) is 0. The quantitative estimate of drug-likeness (QED) is 0.466. The van der Waals surface area contributed by atoms with Crippen molar-refractivity contribution >= 4 is 21.5 Å². The molecule has 0 bridgehead atoms. The van der Waals surface area contributed by atoms with Crippen molar-refractivity contribution in [3.8, 4) is 0 Å². The molecule has 0 heteroatoms. The van der Waals surface area contributed by atoms with Gasteiger partial charge >= 0.3 is 0 Å². The van der Waals surface area contributed by atoms with E-state index in [2.05, 4.69) is 0 Å². The Balaban J connectivity index is 2.68. The summed E-state index contributed by atoms with van der Waals surface area (Å²) in [6, 6.07) is 0.455. The highest BCUT2D eigenvalue weighted by atomic mass is 14.0. The van der Waals surface area contributed by atoms with Crippen LogP contribution in [0.4, 0.5) is 0 Å². The lowest BCUT2D eigenvalue weighted by molar-refractivity contribution is 1.76. The highest BCUT2D eigenvalue weighted by Gasteiger charge is 1.95. The van der Waals surface area contributed by atoms with Gasteiger partial charge in [0, 0.05) is 0 Å². The van der Waals surface area contributed by atoms with E-state index in [0.717, 1.165) is 0 Å². The Bertz CT molecular complexity index is 961. The summed E-state index contributed by atoms with van der Waals surface area (Å²) in [5.41, 5.74) is 0. The zero-order chi connectivity index (χ0) is 16.3. The maximum atomic E-state index is 8.23. The molecular weight excluding hydrogens is 168 g/mol. The number of rotatable bonds is 0. The molecule has 0 aliphatic heterocycles. The van der Waals surface area contributed by atoms with E-state index in [1.807, 2.05) is 0 Å². The molecule has 66 valence electrons. The third-order valence-electron chi connectivity index (χ3n) is 2.04. The molecule has 14 heavy (non-hydrogen) atoms. The van der Waals surface area contributed by atoms with E-state index >= 15 is 0 Å². The number of fused-ring (bicyclic) bond motifs is 2. The second-order valence-corrected chi connectivity index (χ2v) is 2.93. The molecule has 3 aromatic rings. The van der Waals surface area contributed by atoms with Crippen molar-refractivity contribution in [2.24, 2.45) is 0 Å². The van der Waals surface area contributed by atoms with E-state index in [1.54, 1.807) is 0 Å². The van der Waals surface area contributed by atoms with Crippen LogP contribution in [0.3, 0.4) is 0 Å². The fourth-order valence-electron chi connectivity index (χ4n) is 1.38. The Labute approximate surface area is 94.0 Å². The van der Waals surface area contributed by atoms with Gasteiger partial charge in [-0.05, 0) is 33.7 Å². The fourth-order valence-corrected chi connectivity index (χ4v) is 1.38. The SMILES string of the molecule is [2H]c1cc2cc3c([2H])c([2H])c([2H])c([2H])c3c([2H])c2c([2H])c1[2H]. The van der Waals surface area contributed by atoms with Crippen molar-refractivity contribution in [3.05, 3.63) is 60.5 Å². The van der Waals surface area contributed by atoms with E-state index in [4.69, 9.17) is 11.0 Å². The Morgan fingerprint density at radius 3 is 2.21 bits per heavy atom. The molecule has 0 heterocycles. The molecule has 0 amide bonds. The van der Waals surface area contributed by atoms with Gasteiger partial charge in [-0.3, -0.25) is 0 Å². The van der Waals surface area contributed by atoms with Gasteiger partial charge in [0.2, 0.25) is 0 Å². The smallest absolute Gasteiger partial charge is 0.0616 e. The first-order chi connectivity index (χ1) is 10.3. The van der Waals surface area contributed by atoms with Crippen LogP contribution in [-0.4, -0.2) is 0 Å². The molecule has 0 fully saturated rings. The Morgan fingerprint density at radius 1 is 0.714 bits per heavy atom. The Morgan fingerprint density at radius 2 is 1.36 bits per heavy atom. The minimum atomic E-state index is -0.430. The lowest BCUT2D eigenvalue weighted by Crippen LogP contribution is -1.74. The number of hydrogen-bond donors (Lipinski definition) is 0. The molecule has 0 aromatic heterocycles. The summed E-state index contributed by atoms with van der Waals surface area (Å²) in [6.45, 7) is 0. The molecule has 0 atom stereocenters. The van der Waals surface area contributed by atoms with Crippen molar-refractivity contribution in [2.45, 2.75) is 0 Å². The standard InChI is InChI=1S/C14H10/c1-2-6-12-10-14-8-4-3-7-13(14)9-11(12)5-1/h1-10H/i1D,2D,3D,4D,5D,6D,7D,9D. The first-order valence-electron chi connectivity index (χ1n) is 8.15. The van der Waals surface area contributed by atoms with Gasteiger partial charge in [0.25, 0.3) is 0 Å². The molecule has 0 nitrogen and oxygen atoms in total. The summed E-state index contributed by atoms with van der Waals surface area (Å²) in [5.74, 6) is 0. The van der Waals surface area contributed by atoms with Gasteiger partial charge in [-0.2, -0.15) is 0 Å². The summed E-state index contributed by atoms with van der Waals surface area (Å²) in [4.78, 5) is 0. The predicted molar refractivity (Wildman–Crippen MR) is 61.5 cm³/mol. The molecule has 3 rings (SSSR count). The van der Waals surface area contributed by atoms with Gasteiger partial charge in [-0.1, -0.05) is 48.4 Å². The lowest BCUT2D eigenvalue weighted by Gasteiger charge is -2.00. The summed E-state index contributed by atoms with van der Waals surface area (Å²) in [5, 5.41) is 0.691. The van der Waals surface area contributed by atoms with Crippen LogP contribution in [0.2, 0.25) is 0 Å². The van der Waals surface area contributed by atoms with Crippen molar-refractivity contribution in [1.82, 2.24) is 0 Å². The third-order valence-corrected chi connectivity index (χ3v) is 2.04. The van der Waals surface area contributed by atoms with E-state index < -0.39 is 6.04 Å². The second-order valence-electron chi connectivity index (χ2n) is 2.93. The predicted octanol–water partition coefficient (Wildman–Crippen LogP) is 3.99. The summed E-state index contributed by atoms with van der Waals surface area (Å²) < 4.78 is 62.9. The van der Waals surface area contributed by atoms with Crippen molar-refractivity contribution < 1.29 is 11.0 Å². The maximum Gasteiger partial charge on any atom is 0.0636 e. The largest absolute Gasteiger partial charge is 0.0636 e. The number of benzene rings is 3. The Hall–Kier alpha value is -1.82. The normalized spacial score (nSPS) is 18.9. The fraction of sp³-hybridized carbons (Fsp3) is 0. The van der Waals surface area contributed by atoms with Gasteiger partial charge in [0.15, 0.2) is 0 Å². The van der Waals surface area contributed by atoms with Gasteiger partial charge in [-0.15, -0.1) is 0 Å². The molecule has 0 N–H and O–H groups in total. The average molecular weight is 186 g/mol. The molecule has 0 saturated heterocycles. The van der Waals surface area contributed by atoms with E-state index in [-0.39, 0.29) is 58.5 Å². The van der Waals surface area contributed by atoms with E-state index in [0.29, 0.717) is 5.39 Å². The summed E-state index contributed by atoms with van der Waals surface area (Å²) >= 11 is 0. The molecule has 0 aliphatic rings. The molecule has 0 spiro atoms. The highest BCUT2D eigenvalue weighted by molar-refractivity contribution is 5.97. The number of hydrogen-bond acceptors (Lipinski definition) is 0. The molecule has 0 radical (unpaired) electrons. The molecule has 0 unspecified atom stereocenters. The first-order valence-corrected chi connectivity index (χ1v) is 4.15. The van der Waals surface area contributed by atoms with Crippen LogP contribution >= 0.6 is 0 Å². The van der Waals surface area contributed by atoms with Crippen molar-refractivity contribution in [3.63, 3.8) is 0 Å². The Kier molecular flexibility index (Phi) is 0.629. The minimum absolute atomic E-state index is 0.0316. The van der Waals surface area contributed by atoms with Gasteiger partial charge in [0.05, 0.1) is 11.0 Å². The average Bonchev–Trinajstić information content (AvgIpc) is 2.48. The molecule has 0 saturated carbocycles. The van der Waals surface area contributed by atoms with Crippen molar-refractivity contribution in [1.29, 1.82) is 0 Å². The van der Waals surface area contributed by atoms with Crippen LogP contribution in [0.25, 0.3) is 21.5 Å². The zero-order valence-electron chi connectivity index (χ0n) is 15.2. The van der Waals surface area contributed by atoms with Crippen LogP contribution < -0.4 is 0 Å². The second kappa shape index (κ2) is 2.85. The van der Waals surface area contributed by atoms with Crippen LogP contribution in [0.15, 0.2) is 60.5 Å². The van der Waals surface area contributed by atoms with Gasteiger partial charge in [0.1, 0.15) is 0 Å². The third kappa shape index (κ3) is 1.08. The molecular formula is C14H10. The van der Waals surface area contributed by atoms with Crippen LogP contribution in [0.5, 0.6) is 0 Å². The van der Waals surface area contributed by atoms with Gasteiger partial charge < -0.3 is 0 Å². The van der Waals surface area contributed by atoms with E-state index in [1.165, 1.54) is 12.1 Å². The first kappa shape index (κ1) is 3.09. The minimum Gasteiger partial charge on any atom is -0.0616 e. The van der Waals surface area contributed by atoms with Crippen LogP contribution in [-0.2, 0) is 0 Å². The van der Waals surface area contributed by atoms with E-state index in [9.17, 15) is 0 Å². The molecule has 0 aliphatic carbocycles.